The van der Waals surface area contributed by atoms with Gasteiger partial charge in [0.05, 0.1) is 5.92 Å². The van der Waals surface area contributed by atoms with Gasteiger partial charge in [0.1, 0.15) is 5.84 Å². The molecule has 0 aliphatic carbocycles. The maximum Gasteiger partial charge on any atom is 0.259 e. The van der Waals surface area contributed by atoms with Crippen molar-refractivity contribution in [2.75, 3.05) is 0 Å². The van der Waals surface area contributed by atoms with Crippen LogP contribution in [0.15, 0.2) is 117 Å². The summed E-state index contributed by atoms with van der Waals surface area (Å²) in [5.41, 5.74) is 3.81. The molecule has 0 bridgehead atoms. The molecule has 156 valence electrons. The molecule has 0 saturated carbocycles. The summed E-state index contributed by atoms with van der Waals surface area (Å²) < 4.78 is 1.13. The van der Waals surface area contributed by atoms with Crippen LogP contribution in [0.1, 0.15) is 28.2 Å². The van der Waals surface area contributed by atoms with Gasteiger partial charge >= 0.3 is 0 Å². The van der Waals surface area contributed by atoms with E-state index in [1.54, 1.807) is 0 Å². The van der Waals surface area contributed by atoms with E-state index in [1.807, 2.05) is 91.0 Å². The zero-order chi connectivity index (χ0) is 21.9. The van der Waals surface area contributed by atoms with Crippen LogP contribution in [-0.4, -0.2) is 22.5 Å². The second kappa shape index (κ2) is 9.04. The van der Waals surface area contributed by atoms with Gasteiger partial charge in [-0.1, -0.05) is 84.9 Å². The molecular formula is C27H20IN3O. The summed E-state index contributed by atoms with van der Waals surface area (Å²) in [4.78, 5) is 25.2. The lowest BCUT2D eigenvalue weighted by molar-refractivity contribution is -0.118. The number of rotatable bonds is 3. The highest BCUT2D eigenvalue weighted by atomic mass is 127. The number of halogens is 1. The molecule has 32 heavy (non-hydrogen) atoms. The Hall–Kier alpha value is -3.32. The van der Waals surface area contributed by atoms with Gasteiger partial charge < -0.3 is 4.90 Å². The molecule has 3 aromatic carbocycles. The summed E-state index contributed by atoms with van der Waals surface area (Å²) >= 11 is 2.30. The molecule has 0 radical (unpaired) electrons. The van der Waals surface area contributed by atoms with Crippen LogP contribution >= 0.6 is 22.6 Å². The van der Waals surface area contributed by atoms with E-state index >= 15 is 0 Å². The van der Waals surface area contributed by atoms with Crippen molar-refractivity contribution in [3.8, 4) is 0 Å². The van der Waals surface area contributed by atoms with Gasteiger partial charge in [0.2, 0.25) is 0 Å². The molecule has 2 heterocycles. The third-order valence-corrected chi connectivity index (χ3v) is 6.15. The van der Waals surface area contributed by atoms with E-state index in [-0.39, 0.29) is 5.91 Å². The molecule has 4 nitrogen and oxygen atoms in total. The van der Waals surface area contributed by atoms with Gasteiger partial charge in [-0.15, -0.1) is 0 Å². The Balaban J connectivity index is 1.62. The molecule has 0 saturated heterocycles. The Morgan fingerprint density at radius 1 is 0.875 bits per heavy atom. The number of benzene rings is 3. The van der Waals surface area contributed by atoms with E-state index in [0.717, 1.165) is 31.7 Å². The number of aliphatic imine (C=N–C) groups is 2. The fourth-order valence-electron chi connectivity index (χ4n) is 3.99. The first-order valence-electron chi connectivity index (χ1n) is 10.4. The Morgan fingerprint density at radius 3 is 2.19 bits per heavy atom. The summed E-state index contributed by atoms with van der Waals surface area (Å²) in [6, 6.07) is 27.6. The SMILES string of the molecule is O=C(N=C1N=C2C=CC(I)=CN2Cc2ccccc21)C(c1ccccc1)c1ccccc1. The van der Waals surface area contributed by atoms with Crippen LogP contribution in [0.3, 0.4) is 0 Å². The van der Waals surface area contributed by atoms with E-state index < -0.39 is 5.92 Å². The lowest BCUT2D eigenvalue weighted by Gasteiger charge is -2.21. The molecule has 3 aromatic rings. The van der Waals surface area contributed by atoms with Crippen LogP contribution in [0.2, 0.25) is 0 Å². The van der Waals surface area contributed by atoms with Gasteiger partial charge in [0.15, 0.2) is 5.84 Å². The summed E-state index contributed by atoms with van der Waals surface area (Å²) in [7, 11) is 0. The monoisotopic (exact) mass is 529 g/mol. The molecule has 1 amide bonds. The van der Waals surface area contributed by atoms with Gasteiger partial charge in [-0.2, -0.15) is 4.99 Å². The summed E-state index contributed by atoms with van der Waals surface area (Å²) in [5.74, 6) is 0.522. The van der Waals surface area contributed by atoms with Crippen LogP contribution < -0.4 is 0 Å². The van der Waals surface area contributed by atoms with Gasteiger partial charge in [0, 0.05) is 21.9 Å². The van der Waals surface area contributed by atoms with Crippen LogP contribution in [0.25, 0.3) is 0 Å². The zero-order valence-electron chi connectivity index (χ0n) is 17.2. The standard InChI is InChI=1S/C27H20IN3O/c28-22-15-16-24-29-26(23-14-8-7-13-21(23)17-31(24)18-22)30-27(32)25(19-9-3-1-4-10-19)20-11-5-2-6-12-20/h1-16,18,25H,17H2. The van der Waals surface area contributed by atoms with E-state index in [9.17, 15) is 4.79 Å². The van der Waals surface area contributed by atoms with E-state index in [4.69, 9.17) is 4.99 Å². The molecule has 2 aliphatic heterocycles. The Labute approximate surface area is 200 Å². The molecular weight excluding hydrogens is 509 g/mol. The van der Waals surface area contributed by atoms with Crippen LogP contribution in [0.5, 0.6) is 0 Å². The van der Waals surface area contributed by atoms with Gasteiger partial charge in [-0.05, 0) is 51.4 Å². The van der Waals surface area contributed by atoms with Crippen molar-refractivity contribution in [3.05, 3.63) is 129 Å². The van der Waals surface area contributed by atoms with E-state index in [2.05, 4.69) is 44.7 Å². The number of amidine groups is 2. The second-order valence-corrected chi connectivity index (χ2v) is 8.88. The van der Waals surface area contributed by atoms with Gasteiger partial charge in [0.25, 0.3) is 5.91 Å². The average Bonchev–Trinajstić information content (AvgIpc) is 2.97. The Kier molecular flexibility index (Phi) is 5.81. The number of carbonyl (C=O) groups excluding carboxylic acids is 1. The van der Waals surface area contributed by atoms with E-state index in [0.29, 0.717) is 12.4 Å². The fraction of sp³-hybridized carbons (Fsp3) is 0.0741. The van der Waals surface area contributed by atoms with Crippen molar-refractivity contribution in [1.29, 1.82) is 0 Å². The molecule has 5 heteroatoms. The predicted octanol–water partition coefficient (Wildman–Crippen LogP) is 5.85. The molecule has 0 spiro atoms. The molecule has 2 aliphatic rings. The molecule has 0 unspecified atom stereocenters. The Morgan fingerprint density at radius 2 is 1.50 bits per heavy atom. The Bertz CT molecular complexity index is 1240. The third-order valence-electron chi connectivity index (χ3n) is 5.51. The van der Waals surface area contributed by atoms with Crippen LogP contribution in [0.4, 0.5) is 0 Å². The summed E-state index contributed by atoms with van der Waals surface area (Å²) in [5, 5.41) is 0. The lowest BCUT2D eigenvalue weighted by Crippen LogP contribution is -2.25. The minimum absolute atomic E-state index is 0.227. The molecule has 5 rings (SSSR count). The molecule has 0 atom stereocenters. The number of hydrogen-bond donors (Lipinski definition) is 0. The van der Waals surface area contributed by atoms with Crippen LogP contribution in [-0.2, 0) is 11.3 Å². The summed E-state index contributed by atoms with van der Waals surface area (Å²) in [6.45, 7) is 0.680. The topological polar surface area (TPSA) is 45.0 Å². The number of amides is 1. The first-order valence-corrected chi connectivity index (χ1v) is 11.5. The average molecular weight is 529 g/mol. The number of allylic oxidation sites excluding steroid dienone is 2. The van der Waals surface area contributed by atoms with Crippen molar-refractivity contribution in [3.63, 3.8) is 0 Å². The summed E-state index contributed by atoms with van der Waals surface area (Å²) in [6.07, 6.45) is 6.05. The molecule has 0 fully saturated rings. The quantitative estimate of drug-likeness (QED) is 0.400. The number of fused-ring (bicyclic) bond motifs is 2. The van der Waals surface area contributed by atoms with Crippen molar-refractivity contribution >= 4 is 40.2 Å². The molecule has 0 N–H and O–H groups in total. The first-order chi connectivity index (χ1) is 15.7. The lowest BCUT2D eigenvalue weighted by atomic mass is 9.90. The maximum atomic E-state index is 13.6. The molecule has 0 aromatic heterocycles. The highest BCUT2D eigenvalue weighted by molar-refractivity contribution is 14.1. The van der Waals surface area contributed by atoms with Crippen molar-refractivity contribution < 1.29 is 4.79 Å². The zero-order valence-corrected chi connectivity index (χ0v) is 19.4. The highest BCUT2D eigenvalue weighted by Gasteiger charge is 2.26. The minimum atomic E-state index is -0.487. The first kappa shape index (κ1) is 20.6. The van der Waals surface area contributed by atoms with Crippen LogP contribution in [0, 0.1) is 0 Å². The number of hydrogen-bond acceptors (Lipinski definition) is 2. The second-order valence-electron chi connectivity index (χ2n) is 7.63. The van der Waals surface area contributed by atoms with Gasteiger partial charge in [-0.3, -0.25) is 4.79 Å². The number of nitrogens with zero attached hydrogens (tertiary/aromatic N) is 3. The third kappa shape index (κ3) is 4.21. The highest BCUT2D eigenvalue weighted by Crippen LogP contribution is 2.28. The minimum Gasteiger partial charge on any atom is -0.327 e. The smallest absolute Gasteiger partial charge is 0.259 e. The van der Waals surface area contributed by atoms with Crippen molar-refractivity contribution in [1.82, 2.24) is 4.90 Å². The number of carbonyl (C=O) groups is 1. The van der Waals surface area contributed by atoms with Crippen molar-refractivity contribution in [2.24, 2.45) is 9.98 Å². The van der Waals surface area contributed by atoms with Gasteiger partial charge in [-0.25, -0.2) is 4.99 Å². The largest absolute Gasteiger partial charge is 0.327 e. The van der Waals surface area contributed by atoms with Crippen molar-refractivity contribution in [2.45, 2.75) is 12.5 Å². The maximum absolute atomic E-state index is 13.6. The van der Waals surface area contributed by atoms with E-state index in [1.165, 1.54) is 0 Å². The predicted molar refractivity (Wildman–Crippen MR) is 137 cm³/mol. The fourth-order valence-corrected chi connectivity index (χ4v) is 4.50. The normalized spacial score (nSPS) is 16.2.